The lowest BCUT2D eigenvalue weighted by atomic mass is 9.96. The van der Waals surface area contributed by atoms with Crippen LogP contribution in [-0.2, 0) is 32.2 Å². The van der Waals surface area contributed by atoms with Crippen LogP contribution in [-0.4, -0.2) is 32.7 Å². The number of hydrogen-bond donors (Lipinski definition) is 0. The van der Waals surface area contributed by atoms with Crippen LogP contribution < -0.4 is 0 Å². The number of imidazole rings is 1. The first-order valence-electron chi connectivity index (χ1n) is 10.0. The van der Waals surface area contributed by atoms with E-state index in [0.29, 0.717) is 6.04 Å². The molecule has 0 unspecified atom stereocenters. The van der Waals surface area contributed by atoms with Crippen LogP contribution in [0.3, 0.4) is 0 Å². The molecule has 1 aliphatic heterocycles. The van der Waals surface area contributed by atoms with Crippen molar-refractivity contribution in [3.05, 3.63) is 34.2 Å². The Kier molecular flexibility index (Phi) is 3.92. The van der Waals surface area contributed by atoms with Crippen molar-refractivity contribution in [1.29, 1.82) is 0 Å². The maximum Gasteiger partial charge on any atom is 0.140 e. The summed E-state index contributed by atoms with van der Waals surface area (Å²) in [4.78, 5) is 7.43. The van der Waals surface area contributed by atoms with Crippen LogP contribution in [0.4, 0.5) is 0 Å². The first kappa shape index (κ1) is 15.6. The highest BCUT2D eigenvalue weighted by molar-refractivity contribution is 5.26. The molecule has 25 heavy (non-hydrogen) atoms. The summed E-state index contributed by atoms with van der Waals surface area (Å²) in [5, 5.41) is 4.40. The average Bonchev–Trinajstić information content (AvgIpc) is 3.32. The number of hydrogen-bond acceptors (Lipinski definition) is 4. The zero-order chi connectivity index (χ0) is 16.8. The summed E-state index contributed by atoms with van der Waals surface area (Å²) in [6, 6.07) is 0.581. The van der Waals surface area contributed by atoms with E-state index >= 15 is 0 Å². The van der Waals surface area contributed by atoms with E-state index in [4.69, 9.17) is 9.51 Å². The van der Waals surface area contributed by atoms with Gasteiger partial charge in [-0.25, -0.2) is 4.98 Å². The van der Waals surface area contributed by atoms with E-state index in [-0.39, 0.29) is 0 Å². The summed E-state index contributed by atoms with van der Waals surface area (Å²) >= 11 is 0. The molecule has 1 saturated heterocycles. The van der Waals surface area contributed by atoms with Gasteiger partial charge in [-0.2, -0.15) is 0 Å². The molecule has 0 bridgehead atoms. The summed E-state index contributed by atoms with van der Waals surface area (Å²) in [6.45, 7) is 5.41. The molecule has 5 nitrogen and oxygen atoms in total. The second-order valence-electron chi connectivity index (χ2n) is 8.05. The molecule has 2 aromatic heterocycles. The molecule has 1 fully saturated rings. The fourth-order valence-electron chi connectivity index (χ4n) is 5.13. The van der Waals surface area contributed by atoms with Gasteiger partial charge in [0.15, 0.2) is 0 Å². The van der Waals surface area contributed by atoms with Crippen LogP contribution in [0.2, 0.25) is 0 Å². The van der Waals surface area contributed by atoms with Crippen molar-refractivity contribution in [3.8, 4) is 0 Å². The third-order valence-electron chi connectivity index (χ3n) is 6.36. The molecule has 3 aliphatic rings. The lowest BCUT2D eigenvalue weighted by Gasteiger charge is -2.21. The van der Waals surface area contributed by atoms with Gasteiger partial charge in [0.2, 0.25) is 0 Å². The molecular weight excluding hydrogens is 312 g/mol. The monoisotopic (exact) mass is 340 g/mol. The second kappa shape index (κ2) is 6.27. The summed E-state index contributed by atoms with van der Waals surface area (Å²) in [5.41, 5.74) is 5.49. The third kappa shape index (κ3) is 2.73. The topological polar surface area (TPSA) is 47.1 Å². The standard InChI is InChI=1S/C20H28N4O/c1-14-21-17-7-3-4-8-19(17)24(14)15-10-11-23(12-15)13-18-16-6-2-5-9-20(16)25-22-18/h15H,2-13H2,1H3/t15-/m1/s1. The van der Waals surface area contributed by atoms with Crippen LogP contribution in [0.1, 0.15) is 72.4 Å². The Balaban J connectivity index is 1.32. The number of aromatic nitrogens is 3. The zero-order valence-corrected chi connectivity index (χ0v) is 15.3. The first-order chi connectivity index (χ1) is 12.3. The Morgan fingerprint density at radius 2 is 1.92 bits per heavy atom. The summed E-state index contributed by atoms with van der Waals surface area (Å²) in [6.07, 6.45) is 11.0. The predicted octanol–water partition coefficient (Wildman–Crippen LogP) is 3.38. The number of rotatable bonds is 3. The number of nitrogens with zero attached hydrogens (tertiary/aromatic N) is 4. The molecule has 3 heterocycles. The molecule has 2 aliphatic carbocycles. The molecule has 0 N–H and O–H groups in total. The molecule has 0 radical (unpaired) electrons. The third-order valence-corrected chi connectivity index (χ3v) is 6.36. The average molecular weight is 340 g/mol. The molecule has 134 valence electrons. The second-order valence-corrected chi connectivity index (χ2v) is 8.05. The van der Waals surface area contributed by atoms with Gasteiger partial charge in [-0.15, -0.1) is 0 Å². The van der Waals surface area contributed by atoms with Gasteiger partial charge in [0, 0.05) is 43.4 Å². The lowest BCUT2D eigenvalue weighted by Crippen LogP contribution is -2.23. The maximum atomic E-state index is 5.60. The van der Waals surface area contributed by atoms with Crippen LogP contribution >= 0.6 is 0 Å². The van der Waals surface area contributed by atoms with Crippen LogP contribution in [0.5, 0.6) is 0 Å². The fourth-order valence-corrected chi connectivity index (χ4v) is 5.13. The molecule has 0 aromatic carbocycles. The summed E-state index contributed by atoms with van der Waals surface area (Å²) in [7, 11) is 0. The molecule has 0 spiro atoms. The Labute approximate surface area is 149 Å². The Bertz CT molecular complexity index is 775. The van der Waals surface area contributed by atoms with Crippen molar-refractivity contribution in [2.75, 3.05) is 13.1 Å². The van der Waals surface area contributed by atoms with E-state index in [1.165, 1.54) is 73.4 Å². The quantitative estimate of drug-likeness (QED) is 0.859. The molecule has 5 rings (SSSR count). The van der Waals surface area contributed by atoms with Gasteiger partial charge >= 0.3 is 0 Å². The first-order valence-corrected chi connectivity index (χ1v) is 10.0. The Morgan fingerprint density at radius 3 is 2.88 bits per heavy atom. The van der Waals surface area contributed by atoms with Gasteiger partial charge < -0.3 is 9.09 Å². The van der Waals surface area contributed by atoms with Crippen molar-refractivity contribution in [1.82, 2.24) is 19.6 Å². The maximum absolute atomic E-state index is 5.60. The van der Waals surface area contributed by atoms with E-state index in [0.717, 1.165) is 38.2 Å². The predicted molar refractivity (Wildman–Crippen MR) is 95.7 cm³/mol. The van der Waals surface area contributed by atoms with E-state index < -0.39 is 0 Å². The van der Waals surface area contributed by atoms with E-state index in [9.17, 15) is 0 Å². The van der Waals surface area contributed by atoms with E-state index in [1.807, 2.05) is 0 Å². The van der Waals surface area contributed by atoms with Crippen molar-refractivity contribution in [3.63, 3.8) is 0 Å². The van der Waals surface area contributed by atoms with Gasteiger partial charge in [-0.3, -0.25) is 4.90 Å². The zero-order valence-electron chi connectivity index (χ0n) is 15.3. The SMILES string of the molecule is Cc1nc2c(n1[C@@H]1CCN(Cc3noc4c3CCCC4)C1)CCCC2. The fraction of sp³-hybridized carbons (Fsp3) is 0.700. The van der Waals surface area contributed by atoms with Crippen LogP contribution in [0, 0.1) is 6.92 Å². The van der Waals surface area contributed by atoms with Crippen molar-refractivity contribution in [2.24, 2.45) is 0 Å². The van der Waals surface area contributed by atoms with Crippen molar-refractivity contribution in [2.45, 2.75) is 77.3 Å². The lowest BCUT2D eigenvalue weighted by molar-refractivity contribution is 0.297. The molecule has 0 saturated carbocycles. The molecule has 1 atom stereocenters. The number of fused-ring (bicyclic) bond motifs is 2. The number of aryl methyl sites for hydroxylation is 3. The highest BCUT2D eigenvalue weighted by Gasteiger charge is 2.30. The summed E-state index contributed by atoms with van der Waals surface area (Å²) < 4.78 is 8.16. The van der Waals surface area contributed by atoms with Crippen molar-refractivity contribution >= 4 is 0 Å². The molecule has 5 heteroatoms. The molecular formula is C20H28N4O. The molecule has 2 aromatic rings. The normalized spacial score (nSPS) is 23.6. The minimum Gasteiger partial charge on any atom is -0.361 e. The Morgan fingerprint density at radius 1 is 1.08 bits per heavy atom. The van der Waals surface area contributed by atoms with Gasteiger partial charge in [0.05, 0.1) is 5.69 Å². The summed E-state index contributed by atoms with van der Waals surface area (Å²) in [5.74, 6) is 2.37. The van der Waals surface area contributed by atoms with Gasteiger partial charge in [0.25, 0.3) is 0 Å². The van der Waals surface area contributed by atoms with Crippen LogP contribution in [0.15, 0.2) is 4.52 Å². The minimum atomic E-state index is 0.581. The van der Waals surface area contributed by atoms with E-state index in [2.05, 4.69) is 21.5 Å². The van der Waals surface area contributed by atoms with Gasteiger partial charge in [-0.1, -0.05) is 5.16 Å². The minimum absolute atomic E-state index is 0.581. The largest absolute Gasteiger partial charge is 0.361 e. The van der Waals surface area contributed by atoms with Gasteiger partial charge in [-0.05, 0) is 58.3 Å². The van der Waals surface area contributed by atoms with Crippen molar-refractivity contribution < 1.29 is 4.52 Å². The highest BCUT2D eigenvalue weighted by atomic mass is 16.5. The smallest absolute Gasteiger partial charge is 0.140 e. The number of likely N-dealkylation sites (tertiary alicyclic amines) is 1. The Hall–Kier alpha value is -1.62. The van der Waals surface area contributed by atoms with Crippen LogP contribution in [0.25, 0.3) is 0 Å². The van der Waals surface area contributed by atoms with E-state index in [1.54, 1.807) is 0 Å². The van der Waals surface area contributed by atoms with Gasteiger partial charge in [0.1, 0.15) is 17.3 Å². The molecule has 0 amide bonds. The highest BCUT2D eigenvalue weighted by Crippen LogP contribution is 2.32.